The van der Waals surface area contributed by atoms with E-state index in [1.807, 2.05) is 66.4 Å². The number of hydrogen-bond donors (Lipinski definition) is 2. The number of nitrogens with one attached hydrogen (secondary N) is 2. The predicted molar refractivity (Wildman–Crippen MR) is 100 cm³/mol. The summed E-state index contributed by atoms with van der Waals surface area (Å²) in [6.45, 7) is 3.76. The highest BCUT2D eigenvalue weighted by Gasteiger charge is 2.31. The molecule has 2 N–H and O–H groups in total. The Hall–Kier alpha value is -2.86. The van der Waals surface area contributed by atoms with Crippen LogP contribution in [0.25, 0.3) is 0 Å². The highest BCUT2D eigenvalue weighted by Crippen LogP contribution is 2.28. The molecule has 1 fully saturated rings. The van der Waals surface area contributed by atoms with Gasteiger partial charge in [-0.05, 0) is 24.6 Å². The standard InChI is InChI=1S/C20H23N3O3/c1-2-26-17-11-7-6-10-16(17)22-20(25)19(15-8-4-3-5-9-15)23-13-12-21-18(24)14-23/h3-11,19H,2,12-14H2,1H3,(H,21,24)(H,22,25)/t19-/m0/s1. The summed E-state index contributed by atoms with van der Waals surface area (Å²) in [6, 6.07) is 16.3. The maximum atomic E-state index is 13.1. The van der Waals surface area contributed by atoms with Gasteiger partial charge < -0.3 is 15.4 Å². The van der Waals surface area contributed by atoms with Crippen molar-refractivity contribution in [2.24, 2.45) is 0 Å². The van der Waals surface area contributed by atoms with Gasteiger partial charge in [0.05, 0.1) is 18.8 Å². The monoisotopic (exact) mass is 353 g/mol. The number of benzene rings is 2. The second-order valence-electron chi connectivity index (χ2n) is 6.05. The average Bonchev–Trinajstić information content (AvgIpc) is 2.65. The van der Waals surface area contributed by atoms with Crippen molar-refractivity contribution in [3.63, 3.8) is 0 Å². The highest BCUT2D eigenvalue weighted by molar-refractivity contribution is 5.97. The molecule has 2 amide bonds. The zero-order chi connectivity index (χ0) is 18.4. The number of amides is 2. The zero-order valence-electron chi connectivity index (χ0n) is 14.8. The van der Waals surface area contributed by atoms with Crippen LogP contribution in [0.15, 0.2) is 54.6 Å². The molecular formula is C20H23N3O3. The summed E-state index contributed by atoms with van der Waals surface area (Å²) in [4.78, 5) is 26.9. The summed E-state index contributed by atoms with van der Waals surface area (Å²) >= 11 is 0. The van der Waals surface area contributed by atoms with E-state index >= 15 is 0 Å². The zero-order valence-corrected chi connectivity index (χ0v) is 14.8. The van der Waals surface area contributed by atoms with Crippen molar-refractivity contribution in [1.82, 2.24) is 10.2 Å². The highest BCUT2D eigenvalue weighted by atomic mass is 16.5. The molecule has 6 nitrogen and oxygen atoms in total. The van der Waals surface area contributed by atoms with E-state index in [1.165, 1.54) is 0 Å². The van der Waals surface area contributed by atoms with Crippen LogP contribution in [-0.4, -0.2) is 43.0 Å². The van der Waals surface area contributed by atoms with Gasteiger partial charge in [0.15, 0.2) is 0 Å². The van der Waals surface area contributed by atoms with E-state index in [0.717, 1.165) is 5.56 Å². The molecule has 0 unspecified atom stereocenters. The van der Waals surface area contributed by atoms with Gasteiger partial charge in [-0.15, -0.1) is 0 Å². The lowest BCUT2D eigenvalue weighted by Gasteiger charge is -2.33. The van der Waals surface area contributed by atoms with Crippen LogP contribution < -0.4 is 15.4 Å². The van der Waals surface area contributed by atoms with E-state index < -0.39 is 6.04 Å². The molecule has 0 radical (unpaired) electrons. The lowest BCUT2D eigenvalue weighted by molar-refractivity contribution is -0.128. The molecule has 2 aromatic carbocycles. The first-order valence-corrected chi connectivity index (χ1v) is 8.77. The fraction of sp³-hybridized carbons (Fsp3) is 0.300. The smallest absolute Gasteiger partial charge is 0.246 e. The van der Waals surface area contributed by atoms with Crippen molar-refractivity contribution in [1.29, 1.82) is 0 Å². The minimum atomic E-state index is -0.545. The Bertz CT molecular complexity index is 764. The molecule has 0 saturated carbocycles. The lowest BCUT2D eigenvalue weighted by Crippen LogP contribution is -2.51. The van der Waals surface area contributed by atoms with E-state index in [2.05, 4.69) is 10.6 Å². The minimum Gasteiger partial charge on any atom is -0.492 e. The van der Waals surface area contributed by atoms with Crippen molar-refractivity contribution in [2.45, 2.75) is 13.0 Å². The molecule has 0 aliphatic carbocycles. The van der Waals surface area contributed by atoms with Crippen molar-refractivity contribution < 1.29 is 14.3 Å². The fourth-order valence-corrected chi connectivity index (χ4v) is 3.09. The van der Waals surface area contributed by atoms with Gasteiger partial charge in [0.1, 0.15) is 11.8 Å². The maximum absolute atomic E-state index is 13.1. The molecule has 3 rings (SSSR count). The maximum Gasteiger partial charge on any atom is 0.246 e. The Morgan fingerprint density at radius 2 is 1.92 bits per heavy atom. The Morgan fingerprint density at radius 3 is 2.65 bits per heavy atom. The molecule has 1 aliphatic rings. The Labute approximate surface area is 153 Å². The van der Waals surface area contributed by atoms with Crippen LogP contribution in [0, 0.1) is 0 Å². The van der Waals surface area contributed by atoms with E-state index in [1.54, 1.807) is 0 Å². The molecule has 0 aromatic heterocycles. The quantitative estimate of drug-likeness (QED) is 0.835. The predicted octanol–water partition coefficient (Wildman–Crippen LogP) is 2.20. The van der Waals surface area contributed by atoms with Crippen molar-refractivity contribution in [3.8, 4) is 5.75 Å². The van der Waals surface area contributed by atoms with E-state index in [-0.39, 0.29) is 18.4 Å². The van der Waals surface area contributed by atoms with Crippen molar-refractivity contribution >= 4 is 17.5 Å². The normalized spacial score (nSPS) is 15.8. The molecule has 2 aromatic rings. The summed E-state index contributed by atoms with van der Waals surface area (Å²) in [5.74, 6) is 0.379. The van der Waals surface area contributed by atoms with Gasteiger partial charge in [0.2, 0.25) is 11.8 Å². The summed E-state index contributed by atoms with van der Waals surface area (Å²) in [6.07, 6.45) is 0. The van der Waals surface area contributed by atoms with Gasteiger partial charge in [-0.3, -0.25) is 14.5 Å². The van der Waals surface area contributed by atoms with Gasteiger partial charge >= 0.3 is 0 Å². The number of piperazine rings is 1. The third-order valence-corrected chi connectivity index (χ3v) is 4.24. The summed E-state index contributed by atoms with van der Waals surface area (Å²) < 4.78 is 5.59. The molecule has 6 heteroatoms. The van der Waals surface area contributed by atoms with E-state index in [0.29, 0.717) is 31.1 Å². The van der Waals surface area contributed by atoms with Crippen molar-refractivity contribution in [3.05, 3.63) is 60.2 Å². The van der Waals surface area contributed by atoms with Gasteiger partial charge in [-0.25, -0.2) is 0 Å². The van der Waals surface area contributed by atoms with Crippen LogP contribution in [0.1, 0.15) is 18.5 Å². The molecule has 1 heterocycles. The number of hydrogen-bond acceptors (Lipinski definition) is 4. The third kappa shape index (κ3) is 4.21. The first-order chi connectivity index (χ1) is 12.7. The lowest BCUT2D eigenvalue weighted by atomic mass is 10.0. The van der Waals surface area contributed by atoms with Crippen LogP contribution in [0.4, 0.5) is 5.69 Å². The van der Waals surface area contributed by atoms with E-state index in [4.69, 9.17) is 4.74 Å². The Balaban J connectivity index is 1.87. The van der Waals surface area contributed by atoms with Crippen LogP contribution in [-0.2, 0) is 9.59 Å². The number of rotatable bonds is 6. The van der Waals surface area contributed by atoms with Gasteiger partial charge in [-0.1, -0.05) is 42.5 Å². The number of para-hydroxylation sites is 2. The topological polar surface area (TPSA) is 70.7 Å². The first kappa shape index (κ1) is 17.9. The second-order valence-corrected chi connectivity index (χ2v) is 6.05. The summed E-state index contributed by atoms with van der Waals surface area (Å²) in [5, 5.41) is 5.77. The molecule has 136 valence electrons. The Kier molecular flexibility index (Phi) is 5.86. The summed E-state index contributed by atoms with van der Waals surface area (Å²) in [5.41, 5.74) is 1.48. The molecular weight excluding hydrogens is 330 g/mol. The first-order valence-electron chi connectivity index (χ1n) is 8.77. The third-order valence-electron chi connectivity index (χ3n) is 4.24. The number of carbonyl (C=O) groups is 2. The fourth-order valence-electron chi connectivity index (χ4n) is 3.09. The molecule has 0 spiro atoms. The second kappa shape index (κ2) is 8.49. The number of anilines is 1. The number of ether oxygens (including phenoxy) is 1. The van der Waals surface area contributed by atoms with Crippen molar-refractivity contribution in [2.75, 3.05) is 31.6 Å². The summed E-state index contributed by atoms with van der Waals surface area (Å²) in [7, 11) is 0. The van der Waals surface area contributed by atoms with Gasteiger partial charge in [0.25, 0.3) is 0 Å². The number of carbonyl (C=O) groups excluding carboxylic acids is 2. The average molecular weight is 353 g/mol. The van der Waals surface area contributed by atoms with Crippen LogP contribution in [0.3, 0.4) is 0 Å². The number of nitrogens with zero attached hydrogens (tertiary/aromatic N) is 1. The molecule has 0 bridgehead atoms. The molecule has 1 atom stereocenters. The minimum absolute atomic E-state index is 0.0697. The van der Waals surface area contributed by atoms with Gasteiger partial charge in [0, 0.05) is 13.1 Å². The van der Waals surface area contributed by atoms with Crippen LogP contribution >= 0.6 is 0 Å². The largest absolute Gasteiger partial charge is 0.492 e. The SMILES string of the molecule is CCOc1ccccc1NC(=O)[C@H](c1ccccc1)N1CCNC(=O)C1. The Morgan fingerprint density at radius 1 is 1.19 bits per heavy atom. The van der Waals surface area contributed by atoms with Crippen LogP contribution in [0.2, 0.25) is 0 Å². The molecule has 1 aliphatic heterocycles. The van der Waals surface area contributed by atoms with Crippen LogP contribution in [0.5, 0.6) is 5.75 Å². The van der Waals surface area contributed by atoms with E-state index in [9.17, 15) is 9.59 Å². The molecule has 26 heavy (non-hydrogen) atoms. The molecule has 1 saturated heterocycles. The van der Waals surface area contributed by atoms with Gasteiger partial charge in [-0.2, -0.15) is 0 Å².